The van der Waals surface area contributed by atoms with Crippen LogP contribution >= 0.6 is 11.6 Å². The lowest BCUT2D eigenvalue weighted by Gasteiger charge is -2.26. The Morgan fingerprint density at radius 2 is 1.87 bits per heavy atom. The Kier molecular flexibility index (Phi) is 6.08. The Balaban J connectivity index is 1.49. The number of rotatable bonds is 6. The Morgan fingerprint density at radius 1 is 1.13 bits per heavy atom. The summed E-state index contributed by atoms with van der Waals surface area (Å²) in [7, 11) is 0. The molecule has 0 spiro atoms. The molecule has 0 saturated carbocycles. The summed E-state index contributed by atoms with van der Waals surface area (Å²) in [6.45, 7) is 6.09. The van der Waals surface area contributed by atoms with Gasteiger partial charge in [0.1, 0.15) is 30.2 Å². The highest BCUT2D eigenvalue weighted by atomic mass is 35.5. The maximum atomic E-state index is 10.9. The molecular formula is C23H27ClO6. The third-order valence-corrected chi connectivity index (χ3v) is 5.77. The first kappa shape index (κ1) is 21.6. The lowest BCUT2D eigenvalue weighted by molar-refractivity contribution is -0.226. The van der Waals surface area contributed by atoms with Crippen LogP contribution in [0.15, 0.2) is 42.5 Å². The summed E-state index contributed by atoms with van der Waals surface area (Å²) in [5, 5.41) is 22.1. The Labute approximate surface area is 181 Å². The van der Waals surface area contributed by atoms with Crippen molar-refractivity contribution in [3.05, 3.63) is 64.2 Å². The molecule has 0 radical (unpaired) electrons. The maximum Gasteiger partial charge on any atom is 0.190 e. The first-order chi connectivity index (χ1) is 14.3. The van der Waals surface area contributed by atoms with Crippen molar-refractivity contribution in [1.29, 1.82) is 0 Å². The van der Waals surface area contributed by atoms with Gasteiger partial charge in [-0.25, -0.2) is 0 Å². The van der Waals surface area contributed by atoms with E-state index < -0.39 is 36.5 Å². The van der Waals surface area contributed by atoms with Gasteiger partial charge in [0, 0.05) is 5.02 Å². The van der Waals surface area contributed by atoms with Crippen LogP contribution in [0.1, 0.15) is 43.6 Å². The molecule has 2 heterocycles. The first-order valence-corrected chi connectivity index (χ1v) is 10.5. The van der Waals surface area contributed by atoms with E-state index in [0.29, 0.717) is 23.6 Å². The number of fused-ring (bicyclic) bond motifs is 1. The second kappa shape index (κ2) is 8.46. The fourth-order valence-electron chi connectivity index (χ4n) is 3.97. The second-order valence-corrected chi connectivity index (χ2v) is 8.52. The smallest absolute Gasteiger partial charge is 0.190 e. The largest absolute Gasteiger partial charge is 0.494 e. The molecule has 0 bridgehead atoms. The van der Waals surface area contributed by atoms with Crippen LogP contribution in [-0.2, 0) is 20.6 Å². The molecule has 0 aliphatic carbocycles. The zero-order chi connectivity index (χ0) is 21.5. The molecule has 2 aliphatic heterocycles. The van der Waals surface area contributed by atoms with Crippen molar-refractivity contribution in [3.8, 4) is 5.75 Å². The number of aliphatic hydroxyl groups excluding tert-OH is 2. The van der Waals surface area contributed by atoms with Gasteiger partial charge in [-0.05, 0) is 62.1 Å². The van der Waals surface area contributed by atoms with Crippen molar-refractivity contribution in [2.75, 3.05) is 6.61 Å². The molecule has 30 heavy (non-hydrogen) atoms. The minimum Gasteiger partial charge on any atom is -0.494 e. The Morgan fingerprint density at radius 3 is 2.53 bits per heavy atom. The zero-order valence-corrected chi connectivity index (χ0v) is 18.0. The third kappa shape index (κ3) is 4.35. The van der Waals surface area contributed by atoms with E-state index in [0.717, 1.165) is 16.9 Å². The van der Waals surface area contributed by atoms with Crippen LogP contribution in [-0.4, -0.2) is 47.2 Å². The number of halogens is 1. The Bertz CT molecular complexity index is 884. The molecule has 6 nitrogen and oxygen atoms in total. The van der Waals surface area contributed by atoms with E-state index in [4.69, 9.17) is 30.5 Å². The van der Waals surface area contributed by atoms with Gasteiger partial charge in [-0.1, -0.05) is 35.9 Å². The van der Waals surface area contributed by atoms with E-state index in [-0.39, 0.29) is 0 Å². The Hall–Kier alpha value is -1.67. The van der Waals surface area contributed by atoms with Gasteiger partial charge in [-0.2, -0.15) is 0 Å². The molecule has 0 aromatic heterocycles. The second-order valence-electron chi connectivity index (χ2n) is 8.11. The minimum atomic E-state index is -1.04. The molecule has 2 aromatic rings. The molecule has 7 heteroatoms. The third-order valence-electron chi connectivity index (χ3n) is 5.40. The van der Waals surface area contributed by atoms with Gasteiger partial charge in [0.25, 0.3) is 0 Å². The van der Waals surface area contributed by atoms with E-state index >= 15 is 0 Å². The van der Waals surface area contributed by atoms with E-state index in [9.17, 15) is 10.2 Å². The summed E-state index contributed by atoms with van der Waals surface area (Å²) in [5.74, 6) is -0.000683. The topological polar surface area (TPSA) is 77.4 Å². The molecule has 2 aromatic carbocycles. The van der Waals surface area contributed by atoms with Gasteiger partial charge in [0.05, 0.1) is 6.61 Å². The highest BCUT2D eigenvalue weighted by Gasteiger charge is 2.56. The van der Waals surface area contributed by atoms with Crippen LogP contribution in [0.3, 0.4) is 0 Å². The van der Waals surface area contributed by atoms with Gasteiger partial charge in [-0.15, -0.1) is 0 Å². The van der Waals surface area contributed by atoms with E-state index in [1.807, 2.05) is 37.3 Å². The van der Waals surface area contributed by atoms with Crippen molar-refractivity contribution < 1.29 is 29.2 Å². The van der Waals surface area contributed by atoms with Crippen LogP contribution in [0.25, 0.3) is 0 Å². The van der Waals surface area contributed by atoms with Crippen molar-refractivity contribution in [3.63, 3.8) is 0 Å². The predicted molar refractivity (Wildman–Crippen MR) is 112 cm³/mol. The minimum absolute atomic E-state index is 0.603. The van der Waals surface area contributed by atoms with Crippen molar-refractivity contribution in [2.24, 2.45) is 0 Å². The molecular weight excluding hydrogens is 408 g/mol. The van der Waals surface area contributed by atoms with E-state index in [2.05, 4.69) is 0 Å². The normalized spacial score (nSPS) is 28.3. The monoisotopic (exact) mass is 434 g/mol. The first-order valence-electron chi connectivity index (χ1n) is 10.1. The van der Waals surface area contributed by atoms with Crippen LogP contribution in [0, 0.1) is 0 Å². The van der Waals surface area contributed by atoms with Gasteiger partial charge in [-0.3, -0.25) is 0 Å². The average molecular weight is 435 g/mol. The summed E-state index contributed by atoms with van der Waals surface area (Å²) in [6.07, 6.45) is -3.63. The van der Waals surface area contributed by atoms with Gasteiger partial charge < -0.3 is 29.2 Å². The lowest BCUT2D eigenvalue weighted by Crippen LogP contribution is -2.37. The summed E-state index contributed by atoms with van der Waals surface area (Å²) in [6, 6.07) is 13.2. The van der Waals surface area contributed by atoms with Crippen LogP contribution < -0.4 is 4.74 Å². The molecule has 2 saturated heterocycles. The number of hydrogen-bond donors (Lipinski definition) is 2. The number of benzene rings is 2. The zero-order valence-electron chi connectivity index (χ0n) is 17.2. The van der Waals surface area contributed by atoms with Crippen LogP contribution in [0.4, 0.5) is 0 Å². The van der Waals surface area contributed by atoms with Gasteiger partial charge >= 0.3 is 0 Å². The highest BCUT2D eigenvalue weighted by molar-refractivity contribution is 6.31. The summed E-state index contributed by atoms with van der Waals surface area (Å²) in [5.41, 5.74) is 2.56. The van der Waals surface area contributed by atoms with Crippen LogP contribution in [0.2, 0.25) is 5.02 Å². The molecule has 162 valence electrons. The molecule has 0 amide bonds. The lowest BCUT2D eigenvalue weighted by atomic mass is 9.96. The van der Waals surface area contributed by atoms with Crippen molar-refractivity contribution in [2.45, 2.75) is 63.7 Å². The molecule has 0 unspecified atom stereocenters. The number of ether oxygens (including phenoxy) is 4. The van der Waals surface area contributed by atoms with Crippen molar-refractivity contribution in [1.82, 2.24) is 0 Å². The number of hydrogen-bond acceptors (Lipinski definition) is 6. The van der Waals surface area contributed by atoms with Crippen molar-refractivity contribution >= 4 is 11.6 Å². The van der Waals surface area contributed by atoms with Gasteiger partial charge in [0.15, 0.2) is 12.1 Å². The molecule has 5 atom stereocenters. The summed E-state index contributed by atoms with van der Waals surface area (Å²) in [4.78, 5) is 0. The summed E-state index contributed by atoms with van der Waals surface area (Å²) >= 11 is 6.40. The fourth-order valence-corrected chi connectivity index (χ4v) is 4.16. The molecule has 2 N–H and O–H groups in total. The van der Waals surface area contributed by atoms with E-state index in [1.165, 1.54) is 0 Å². The average Bonchev–Trinajstić information content (AvgIpc) is 3.17. The predicted octanol–water partition coefficient (Wildman–Crippen LogP) is 3.60. The quantitative estimate of drug-likeness (QED) is 0.723. The van der Waals surface area contributed by atoms with Crippen LogP contribution in [0.5, 0.6) is 5.75 Å². The van der Waals surface area contributed by atoms with Gasteiger partial charge in [0.2, 0.25) is 0 Å². The fraction of sp³-hybridized carbons (Fsp3) is 0.478. The SMILES string of the molecule is CCOc1ccc(Cc2cc([C@@H](O)[C@@H]3O[C@H]4OC(C)(C)O[C@H]4[C@@H]3O)ccc2Cl)cc1. The molecule has 2 fully saturated rings. The number of aliphatic hydroxyl groups is 2. The standard InChI is InChI=1S/C23H27ClO6/c1-4-27-16-8-5-13(6-9-16)11-15-12-14(7-10-17(15)24)18(25)20-19(26)21-22(28-20)30-23(2,3)29-21/h5-10,12,18-22,25-26H,4,11H2,1-3H3/t18-,19-,20+,21+,22+/m1/s1. The highest BCUT2D eigenvalue weighted by Crippen LogP contribution is 2.41. The molecule has 4 rings (SSSR count). The maximum absolute atomic E-state index is 10.9. The molecule has 2 aliphatic rings. The van der Waals surface area contributed by atoms with E-state index in [1.54, 1.807) is 26.0 Å². The summed E-state index contributed by atoms with van der Waals surface area (Å²) < 4.78 is 22.6.